The molecule has 0 aromatic rings. The number of esters is 3. The van der Waals surface area contributed by atoms with E-state index in [0.29, 0.717) is 31.3 Å². The Morgan fingerprint density at radius 1 is 1.12 bits per heavy atom. The van der Waals surface area contributed by atoms with E-state index in [2.05, 4.69) is 11.0 Å². The number of carbonyl (C=O) groups is 3. The van der Waals surface area contributed by atoms with E-state index in [4.69, 9.17) is 28.4 Å². The highest BCUT2D eigenvalue weighted by Gasteiger charge is 2.63. The van der Waals surface area contributed by atoms with E-state index >= 15 is 0 Å². The fraction of sp³-hybridized carbons (Fsp3) is 0.839. The van der Waals surface area contributed by atoms with Crippen molar-refractivity contribution in [3.05, 3.63) is 11.8 Å². The van der Waals surface area contributed by atoms with Gasteiger partial charge in [-0.2, -0.15) is 0 Å². The van der Waals surface area contributed by atoms with Crippen molar-refractivity contribution in [2.45, 2.75) is 114 Å². The highest BCUT2D eigenvalue weighted by atomic mass is 16.7. The van der Waals surface area contributed by atoms with Gasteiger partial charge in [0.2, 0.25) is 0 Å². The number of methoxy groups -OCH3 is 2. The number of hydrogen-bond acceptors (Lipinski definition) is 11. The van der Waals surface area contributed by atoms with Crippen LogP contribution in [0.4, 0.5) is 0 Å². The Kier molecular flexibility index (Phi) is 8.96. The van der Waals surface area contributed by atoms with Crippen molar-refractivity contribution >= 4 is 17.9 Å². The van der Waals surface area contributed by atoms with Gasteiger partial charge in [-0.05, 0) is 96.2 Å². The molecule has 5 aliphatic rings. The molecule has 5 rings (SSSR count). The van der Waals surface area contributed by atoms with Gasteiger partial charge in [0.25, 0.3) is 0 Å². The minimum Gasteiger partial charge on any atom is -0.497 e. The molecule has 8 atom stereocenters. The Morgan fingerprint density at radius 3 is 2.55 bits per heavy atom. The second-order valence-corrected chi connectivity index (χ2v) is 13.4. The maximum Gasteiger partial charge on any atom is 0.339 e. The molecule has 4 unspecified atom stereocenters. The van der Waals surface area contributed by atoms with Crippen molar-refractivity contribution in [2.24, 2.45) is 17.8 Å². The lowest BCUT2D eigenvalue weighted by molar-refractivity contribution is -0.182. The van der Waals surface area contributed by atoms with Crippen LogP contribution in [0.5, 0.6) is 0 Å². The van der Waals surface area contributed by atoms with Gasteiger partial charge >= 0.3 is 17.9 Å². The number of aliphatic hydroxyl groups is 1. The summed E-state index contributed by atoms with van der Waals surface area (Å²) in [5.74, 6) is -0.913. The maximum atomic E-state index is 14.0. The summed E-state index contributed by atoms with van der Waals surface area (Å²) in [5, 5.41) is 11.7. The second kappa shape index (κ2) is 12.1. The molecule has 1 N–H and O–H groups in total. The van der Waals surface area contributed by atoms with Crippen LogP contribution in [-0.2, 0) is 42.8 Å². The zero-order valence-electron chi connectivity index (χ0n) is 25.6. The van der Waals surface area contributed by atoms with Gasteiger partial charge in [0, 0.05) is 18.4 Å². The Labute approximate surface area is 248 Å². The van der Waals surface area contributed by atoms with E-state index in [1.807, 2.05) is 0 Å². The van der Waals surface area contributed by atoms with Crippen LogP contribution in [-0.4, -0.2) is 97.1 Å². The Bertz CT molecular complexity index is 1080. The third kappa shape index (κ3) is 5.94. The number of nitrogens with zero attached hydrogens (tertiary/aromatic N) is 1. The minimum absolute atomic E-state index is 0.0102. The number of carbonyl (C=O) groups excluding carboxylic acids is 3. The number of fused-ring (bicyclic) bond motifs is 3. The minimum atomic E-state index is -2.12. The number of hydrogen-bond donors (Lipinski definition) is 1. The van der Waals surface area contributed by atoms with Gasteiger partial charge in [-0.15, -0.1) is 0 Å². The summed E-state index contributed by atoms with van der Waals surface area (Å²) in [4.78, 5) is 40.4. The topological polar surface area (TPSA) is 130 Å². The van der Waals surface area contributed by atoms with Gasteiger partial charge in [0.1, 0.15) is 18.2 Å². The van der Waals surface area contributed by atoms with Crippen LogP contribution in [0, 0.1) is 17.8 Å². The maximum absolute atomic E-state index is 14.0. The first-order valence-corrected chi connectivity index (χ1v) is 15.4. The molecule has 0 bridgehead atoms. The molecule has 4 fully saturated rings. The SMILES string of the molecule is COC(=O)C[C@](O)(CCCC(C)(C)OC(C)=O)C(=O)O[C@@H]1C(OC)=C[C@]23CCCN2CCC2CC4OCOC4CC2[C@H]13. The van der Waals surface area contributed by atoms with E-state index in [1.165, 1.54) is 14.0 Å². The lowest BCUT2D eigenvalue weighted by atomic mass is 9.64. The van der Waals surface area contributed by atoms with Crippen molar-refractivity contribution in [3.63, 3.8) is 0 Å². The van der Waals surface area contributed by atoms with Crippen LogP contribution in [0.1, 0.15) is 78.6 Å². The van der Waals surface area contributed by atoms with Gasteiger partial charge in [-0.3, -0.25) is 14.5 Å². The Balaban J connectivity index is 1.41. The van der Waals surface area contributed by atoms with Gasteiger partial charge in [0.15, 0.2) is 11.7 Å². The van der Waals surface area contributed by atoms with E-state index < -0.39 is 41.6 Å². The fourth-order valence-electron chi connectivity index (χ4n) is 8.49. The molecule has 3 heterocycles. The third-order valence-corrected chi connectivity index (χ3v) is 10.3. The summed E-state index contributed by atoms with van der Waals surface area (Å²) in [6.45, 7) is 7.10. The number of rotatable bonds is 10. The van der Waals surface area contributed by atoms with Crippen LogP contribution < -0.4 is 0 Å². The summed E-state index contributed by atoms with van der Waals surface area (Å²) >= 11 is 0. The van der Waals surface area contributed by atoms with Crippen molar-refractivity contribution in [3.8, 4) is 0 Å². The summed E-state index contributed by atoms with van der Waals surface area (Å²) < 4.78 is 34.2. The molecule has 2 aliphatic carbocycles. The highest BCUT2D eigenvalue weighted by Crippen LogP contribution is 2.57. The zero-order chi connectivity index (χ0) is 30.3. The lowest BCUT2D eigenvalue weighted by Gasteiger charge is -2.46. The van der Waals surface area contributed by atoms with Crippen LogP contribution in [0.3, 0.4) is 0 Å². The van der Waals surface area contributed by atoms with Crippen molar-refractivity contribution in [1.29, 1.82) is 0 Å². The predicted molar refractivity (Wildman–Crippen MR) is 149 cm³/mol. The van der Waals surface area contributed by atoms with E-state index in [1.54, 1.807) is 21.0 Å². The molecule has 1 spiro atoms. The molecule has 42 heavy (non-hydrogen) atoms. The third-order valence-electron chi connectivity index (χ3n) is 10.3. The standard InChI is InChI=1S/C31H47NO10/c1-19(33)42-29(2,3)9-6-11-31(36,17-25(34)38-5)28(35)41-27-24(37-4)16-30-10-7-12-32(30)13-8-20-14-22-23(40-18-39-22)15-21(20)26(27)30/h16,20-23,26-27,36H,6-15,17-18H2,1-5H3/t20?,21?,22?,23?,26-,27-,30+,31-/m1/s1. The normalized spacial score (nSPS) is 35.4. The summed E-state index contributed by atoms with van der Waals surface area (Å²) in [7, 11) is 2.81. The quantitative estimate of drug-likeness (QED) is 0.296. The van der Waals surface area contributed by atoms with E-state index in [0.717, 1.165) is 45.2 Å². The number of ether oxygens (including phenoxy) is 6. The molecular formula is C31H47NO10. The monoisotopic (exact) mass is 593 g/mol. The first-order chi connectivity index (χ1) is 19.9. The lowest BCUT2D eigenvalue weighted by Crippen LogP contribution is -2.54. The van der Waals surface area contributed by atoms with Gasteiger partial charge < -0.3 is 33.5 Å². The van der Waals surface area contributed by atoms with Crippen LogP contribution in [0.25, 0.3) is 0 Å². The van der Waals surface area contributed by atoms with Gasteiger partial charge in [-0.25, -0.2) is 4.79 Å². The Morgan fingerprint density at radius 2 is 1.86 bits per heavy atom. The average Bonchev–Trinajstić information content (AvgIpc) is 3.61. The molecule has 236 valence electrons. The molecule has 0 amide bonds. The fourth-order valence-corrected chi connectivity index (χ4v) is 8.49. The largest absolute Gasteiger partial charge is 0.497 e. The van der Waals surface area contributed by atoms with Crippen molar-refractivity contribution in [2.75, 3.05) is 34.1 Å². The van der Waals surface area contributed by atoms with Crippen LogP contribution >= 0.6 is 0 Å². The molecule has 0 aromatic carbocycles. The first kappa shape index (κ1) is 31.2. The van der Waals surface area contributed by atoms with Gasteiger partial charge in [-0.1, -0.05) is 0 Å². The zero-order valence-corrected chi connectivity index (χ0v) is 25.6. The summed E-state index contributed by atoms with van der Waals surface area (Å²) in [5.41, 5.74) is -3.22. The molecule has 11 heteroatoms. The van der Waals surface area contributed by atoms with Gasteiger partial charge in [0.05, 0.1) is 32.8 Å². The van der Waals surface area contributed by atoms with Crippen molar-refractivity contribution < 1.29 is 47.9 Å². The summed E-state index contributed by atoms with van der Waals surface area (Å²) in [6.07, 6.45) is 6.36. The second-order valence-electron chi connectivity index (χ2n) is 13.4. The first-order valence-electron chi connectivity index (χ1n) is 15.4. The van der Waals surface area contributed by atoms with Crippen LogP contribution in [0.15, 0.2) is 11.8 Å². The predicted octanol–water partition coefficient (Wildman–Crippen LogP) is 2.87. The molecule has 0 aromatic heterocycles. The van der Waals surface area contributed by atoms with E-state index in [9.17, 15) is 19.5 Å². The molecule has 3 aliphatic heterocycles. The highest BCUT2D eigenvalue weighted by molar-refractivity contribution is 5.86. The average molecular weight is 594 g/mol. The van der Waals surface area contributed by atoms with Crippen molar-refractivity contribution in [1.82, 2.24) is 4.90 Å². The van der Waals surface area contributed by atoms with E-state index in [-0.39, 0.29) is 36.0 Å². The smallest absolute Gasteiger partial charge is 0.339 e. The molecule has 0 radical (unpaired) electrons. The summed E-state index contributed by atoms with van der Waals surface area (Å²) in [6, 6.07) is 0. The molecule has 11 nitrogen and oxygen atoms in total. The van der Waals surface area contributed by atoms with Crippen LogP contribution in [0.2, 0.25) is 0 Å². The Hall–Kier alpha value is -2.21. The molecule has 3 saturated heterocycles. The molecular weight excluding hydrogens is 546 g/mol. The molecule has 1 saturated carbocycles.